The third-order valence-electron chi connectivity index (χ3n) is 4.96. The first-order valence-electron chi connectivity index (χ1n) is 10.8. The number of morpholine rings is 1. The van der Waals surface area contributed by atoms with Crippen LogP contribution in [0, 0.1) is 0 Å². The first-order chi connectivity index (χ1) is 16.9. The van der Waals surface area contributed by atoms with E-state index in [0.29, 0.717) is 12.2 Å². The van der Waals surface area contributed by atoms with Crippen molar-refractivity contribution in [2.45, 2.75) is 16.4 Å². The van der Waals surface area contributed by atoms with Crippen LogP contribution in [0.25, 0.3) is 11.1 Å². The summed E-state index contributed by atoms with van der Waals surface area (Å²) < 4.78 is 6.10. The summed E-state index contributed by atoms with van der Waals surface area (Å²) in [4.78, 5) is 23.8. The predicted molar refractivity (Wildman–Crippen MR) is 137 cm³/mol. The molecular formula is C26H25ClN2O5S. The maximum atomic E-state index is 9.55. The maximum Gasteiger partial charge on any atom is 0.328 e. The van der Waals surface area contributed by atoms with Crippen LogP contribution < -0.4 is 5.32 Å². The summed E-state index contributed by atoms with van der Waals surface area (Å²) in [5, 5.41) is 21.0. The second kappa shape index (κ2) is 13.7. The molecule has 3 N–H and O–H groups in total. The lowest BCUT2D eigenvalue weighted by Crippen LogP contribution is -2.41. The van der Waals surface area contributed by atoms with Gasteiger partial charge in [-0.25, -0.2) is 14.6 Å². The van der Waals surface area contributed by atoms with Gasteiger partial charge in [0.2, 0.25) is 0 Å². The highest BCUT2D eigenvalue weighted by molar-refractivity contribution is 7.99. The number of aliphatic carboxylic acids is 2. The number of pyridine rings is 1. The van der Waals surface area contributed by atoms with Gasteiger partial charge in [-0.05, 0) is 29.3 Å². The van der Waals surface area contributed by atoms with Gasteiger partial charge in [0, 0.05) is 42.0 Å². The van der Waals surface area contributed by atoms with Gasteiger partial charge in [-0.15, -0.1) is 0 Å². The molecule has 0 saturated carbocycles. The standard InChI is InChI=1S/C22H21ClN2OS.C4H4O4/c23-18-10-8-16(9-11-18)19-7-4-12-25-22(19)27-21(17-5-2-1-3-6-17)20-15-24-13-14-26-20;5-3(6)1-2-4(7)8/h1-12,20-21,24H,13-15H2;1-2H,(H,5,6)(H,7,8)/t20-,21-;/m0./s1. The third kappa shape index (κ3) is 8.52. The Balaban J connectivity index is 0.000000371. The van der Waals surface area contributed by atoms with Gasteiger partial charge in [-0.2, -0.15) is 0 Å². The van der Waals surface area contributed by atoms with Gasteiger partial charge in [-0.3, -0.25) is 0 Å². The van der Waals surface area contributed by atoms with Gasteiger partial charge in [0.15, 0.2) is 0 Å². The zero-order valence-electron chi connectivity index (χ0n) is 18.7. The highest BCUT2D eigenvalue weighted by Crippen LogP contribution is 2.42. The number of ether oxygens (including phenoxy) is 1. The van der Waals surface area contributed by atoms with Gasteiger partial charge in [-0.1, -0.05) is 71.9 Å². The molecule has 1 aliphatic rings. The van der Waals surface area contributed by atoms with Crippen LogP contribution in [0.5, 0.6) is 0 Å². The van der Waals surface area contributed by atoms with Crippen LogP contribution >= 0.6 is 23.4 Å². The molecule has 2 heterocycles. The summed E-state index contributed by atoms with van der Waals surface area (Å²) in [5.74, 6) is -2.51. The minimum absolute atomic E-state index is 0.103. The van der Waals surface area contributed by atoms with Crippen LogP contribution in [0.3, 0.4) is 0 Å². The van der Waals surface area contributed by atoms with Crippen LogP contribution in [0.2, 0.25) is 5.02 Å². The molecular weight excluding hydrogens is 488 g/mol. The zero-order valence-corrected chi connectivity index (χ0v) is 20.3. The van der Waals surface area contributed by atoms with Crippen LogP contribution in [0.4, 0.5) is 0 Å². The first-order valence-corrected chi connectivity index (χ1v) is 12.1. The van der Waals surface area contributed by atoms with Gasteiger partial charge < -0.3 is 20.3 Å². The normalized spacial score (nSPS) is 16.2. The van der Waals surface area contributed by atoms with Gasteiger partial charge >= 0.3 is 11.9 Å². The van der Waals surface area contributed by atoms with Crippen molar-refractivity contribution in [3.63, 3.8) is 0 Å². The predicted octanol–water partition coefficient (Wildman–Crippen LogP) is 4.94. The number of halogens is 1. The summed E-state index contributed by atoms with van der Waals surface area (Å²) in [7, 11) is 0. The van der Waals surface area contributed by atoms with Crippen molar-refractivity contribution in [3.8, 4) is 11.1 Å². The molecule has 0 bridgehead atoms. The van der Waals surface area contributed by atoms with Crippen LogP contribution in [0.15, 0.2) is 90.1 Å². The molecule has 0 radical (unpaired) electrons. The van der Waals surface area contributed by atoms with E-state index in [2.05, 4.69) is 35.6 Å². The molecule has 1 saturated heterocycles. The van der Waals surface area contributed by atoms with Gasteiger partial charge in [0.25, 0.3) is 0 Å². The van der Waals surface area contributed by atoms with E-state index in [0.717, 1.165) is 40.9 Å². The summed E-state index contributed by atoms with van der Waals surface area (Å²) in [6.07, 6.45) is 3.07. The summed E-state index contributed by atoms with van der Waals surface area (Å²) in [5.41, 5.74) is 3.48. The Bertz CT molecular complexity index is 1120. The SMILES string of the molecule is Clc1ccc(-c2cccnc2S[C@@H](c2ccccc2)[C@@H]2CNCCO2)cc1.O=C(O)C=CC(=O)O. The van der Waals surface area contributed by atoms with Crippen LogP contribution in [0.1, 0.15) is 10.8 Å². The fraction of sp³-hybridized carbons (Fsp3) is 0.192. The van der Waals surface area contributed by atoms with E-state index in [1.165, 1.54) is 5.56 Å². The molecule has 9 heteroatoms. The van der Waals surface area contributed by atoms with Gasteiger partial charge in [0.1, 0.15) is 5.03 Å². The molecule has 35 heavy (non-hydrogen) atoms. The maximum absolute atomic E-state index is 9.55. The second-order valence-corrected chi connectivity index (χ2v) is 9.00. The zero-order chi connectivity index (χ0) is 25.0. The van der Waals surface area contributed by atoms with Crippen molar-refractivity contribution < 1.29 is 24.5 Å². The minimum Gasteiger partial charge on any atom is -0.478 e. The summed E-state index contributed by atoms with van der Waals surface area (Å²) in [6, 6.07) is 22.5. The minimum atomic E-state index is -1.26. The smallest absolute Gasteiger partial charge is 0.328 e. The largest absolute Gasteiger partial charge is 0.478 e. The molecule has 1 aromatic heterocycles. The van der Waals surface area contributed by atoms with E-state index in [1.807, 2.05) is 42.6 Å². The lowest BCUT2D eigenvalue weighted by molar-refractivity contribution is -0.134. The summed E-state index contributed by atoms with van der Waals surface area (Å²) >= 11 is 7.83. The first kappa shape index (κ1) is 26.4. The highest BCUT2D eigenvalue weighted by atomic mass is 35.5. The molecule has 182 valence electrons. The van der Waals surface area contributed by atoms with Crippen molar-refractivity contribution >= 4 is 35.3 Å². The Hall–Kier alpha value is -3.17. The number of benzene rings is 2. The average Bonchev–Trinajstić information content (AvgIpc) is 2.88. The number of carboxylic acids is 2. The van der Waals surface area contributed by atoms with E-state index < -0.39 is 11.9 Å². The number of nitrogens with zero attached hydrogens (tertiary/aromatic N) is 1. The molecule has 0 spiro atoms. The molecule has 2 atom stereocenters. The van der Waals surface area contributed by atoms with E-state index in [-0.39, 0.29) is 11.4 Å². The van der Waals surface area contributed by atoms with Crippen LogP contribution in [-0.2, 0) is 14.3 Å². The Labute approximate surface area is 212 Å². The number of nitrogens with one attached hydrogen (secondary N) is 1. The molecule has 4 rings (SSSR count). The number of carboxylic acid groups (broad SMARTS) is 2. The van der Waals surface area contributed by atoms with Crippen molar-refractivity contribution in [2.24, 2.45) is 0 Å². The van der Waals surface area contributed by atoms with E-state index in [1.54, 1.807) is 11.8 Å². The molecule has 3 aromatic rings. The molecule has 1 fully saturated rings. The van der Waals surface area contributed by atoms with E-state index in [9.17, 15) is 9.59 Å². The number of aromatic nitrogens is 1. The topological polar surface area (TPSA) is 109 Å². The lowest BCUT2D eigenvalue weighted by atomic mass is 10.1. The Morgan fingerprint density at radius 2 is 1.71 bits per heavy atom. The summed E-state index contributed by atoms with van der Waals surface area (Å²) in [6.45, 7) is 2.48. The molecule has 0 aliphatic carbocycles. The fourth-order valence-electron chi connectivity index (χ4n) is 3.38. The van der Waals surface area contributed by atoms with Crippen molar-refractivity contribution in [3.05, 3.63) is 95.7 Å². The monoisotopic (exact) mass is 512 g/mol. The average molecular weight is 513 g/mol. The number of thioether (sulfide) groups is 1. The third-order valence-corrected chi connectivity index (χ3v) is 6.59. The fourth-order valence-corrected chi connectivity index (χ4v) is 4.80. The second-order valence-electron chi connectivity index (χ2n) is 7.44. The van der Waals surface area contributed by atoms with E-state index >= 15 is 0 Å². The molecule has 1 aliphatic heterocycles. The Morgan fingerprint density at radius 1 is 1.03 bits per heavy atom. The lowest BCUT2D eigenvalue weighted by Gasteiger charge is -2.31. The van der Waals surface area contributed by atoms with Crippen molar-refractivity contribution in [1.29, 1.82) is 0 Å². The number of carbonyl (C=O) groups is 2. The quantitative estimate of drug-likeness (QED) is 0.302. The Kier molecular flexibility index (Phi) is 10.3. The number of hydrogen-bond donors (Lipinski definition) is 3. The Morgan fingerprint density at radius 3 is 2.31 bits per heavy atom. The van der Waals surface area contributed by atoms with Crippen LogP contribution in [-0.4, -0.2) is 52.9 Å². The number of hydrogen-bond acceptors (Lipinski definition) is 6. The molecule has 0 unspecified atom stereocenters. The van der Waals surface area contributed by atoms with Crippen molar-refractivity contribution in [1.82, 2.24) is 10.3 Å². The highest BCUT2D eigenvalue weighted by Gasteiger charge is 2.28. The number of rotatable bonds is 7. The van der Waals surface area contributed by atoms with Gasteiger partial charge in [0.05, 0.1) is 18.0 Å². The molecule has 0 amide bonds. The molecule has 7 nitrogen and oxygen atoms in total. The van der Waals surface area contributed by atoms with Crippen molar-refractivity contribution in [2.75, 3.05) is 19.7 Å². The molecule has 2 aromatic carbocycles. The van der Waals surface area contributed by atoms with E-state index in [4.69, 9.17) is 31.5 Å².